The number of fused-ring (bicyclic) bond motifs is 2. The van der Waals surface area contributed by atoms with Gasteiger partial charge in [-0.05, 0) is 79.7 Å². The fourth-order valence-electron chi connectivity index (χ4n) is 5.41. The summed E-state index contributed by atoms with van der Waals surface area (Å²) in [6.45, 7) is 4.64. The number of hydrogen-bond donors (Lipinski definition) is 0. The molecule has 28 heavy (non-hydrogen) atoms. The van der Waals surface area contributed by atoms with Crippen LogP contribution in [0.2, 0.25) is 0 Å². The fourth-order valence-corrected chi connectivity index (χ4v) is 5.41. The van der Waals surface area contributed by atoms with Crippen molar-refractivity contribution in [3.8, 4) is 5.75 Å². The van der Waals surface area contributed by atoms with E-state index in [1.54, 1.807) is 6.07 Å². The first-order valence-corrected chi connectivity index (χ1v) is 10.7. The summed E-state index contributed by atoms with van der Waals surface area (Å²) in [6.07, 6.45) is 10.9. The van der Waals surface area contributed by atoms with E-state index in [-0.39, 0.29) is 17.1 Å². The van der Waals surface area contributed by atoms with Crippen LogP contribution in [0.1, 0.15) is 63.9 Å². The molecule has 4 rings (SSSR count). The molecule has 0 radical (unpaired) electrons. The van der Waals surface area contributed by atoms with Crippen LogP contribution in [0.3, 0.4) is 0 Å². The van der Waals surface area contributed by atoms with E-state index in [9.17, 15) is 4.39 Å². The third-order valence-corrected chi connectivity index (χ3v) is 6.91. The van der Waals surface area contributed by atoms with Gasteiger partial charge in [0.25, 0.3) is 0 Å². The van der Waals surface area contributed by atoms with Crippen molar-refractivity contribution in [2.45, 2.75) is 58.3 Å². The van der Waals surface area contributed by atoms with Gasteiger partial charge in [-0.25, -0.2) is 8.78 Å². The van der Waals surface area contributed by atoms with Crippen molar-refractivity contribution in [1.82, 2.24) is 0 Å². The van der Waals surface area contributed by atoms with Crippen LogP contribution >= 0.6 is 0 Å². The minimum absolute atomic E-state index is 0.107. The molecule has 2 aliphatic carbocycles. The third kappa shape index (κ3) is 3.81. The Kier molecular flexibility index (Phi) is 5.70. The summed E-state index contributed by atoms with van der Waals surface area (Å²) in [6, 6.07) is 6.77. The largest absolute Gasteiger partial charge is 0.489 e. The summed E-state index contributed by atoms with van der Waals surface area (Å²) in [5.74, 6) is 2.08. The second-order valence-corrected chi connectivity index (χ2v) is 8.80. The van der Waals surface area contributed by atoms with E-state index < -0.39 is 5.82 Å². The molecule has 1 nitrogen and oxygen atoms in total. The molecule has 4 atom stereocenters. The standard InChI is InChI=1S/C25H30F2O/c1-3-4-11-28-21-14-20-9-10-22(25(27)24(20)23(26)15-21)19-8-7-17-12-16(2)5-6-18(17)13-19/h3-4,9-10,14-19H,5-8,11-13H2,1-2H3/b4-3+/t16?,17-,18?,19-/m1/s1. The maximum Gasteiger partial charge on any atom is 0.137 e. The fraction of sp³-hybridized carbons (Fsp3) is 0.520. The second kappa shape index (κ2) is 8.23. The molecular weight excluding hydrogens is 354 g/mol. The van der Waals surface area contributed by atoms with Gasteiger partial charge in [0.2, 0.25) is 0 Å². The normalized spacial score (nSPS) is 27.9. The lowest BCUT2D eigenvalue weighted by atomic mass is 9.64. The Morgan fingerprint density at radius 3 is 2.64 bits per heavy atom. The summed E-state index contributed by atoms with van der Waals surface area (Å²) in [4.78, 5) is 0. The van der Waals surface area contributed by atoms with Crippen LogP contribution in [0.4, 0.5) is 8.78 Å². The van der Waals surface area contributed by atoms with Gasteiger partial charge in [-0.1, -0.05) is 37.6 Å². The number of ether oxygens (including phenoxy) is 1. The smallest absolute Gasteiger partial charge is 0.137 e. The highest BCUT2D eigenvalue weighted by atomic mass is 19.1. The Morgan fingerprint density at radius 2 is 1.82 bits per heavy atom. The maximum absolute atomic E-state index is 15.3. The predicted octanol–water partition coefficient (Wildman–Crippen LogP) is 7.39. The minimum atomic E-state index is -0.535. The summed E-state index contributed by atoms with van der Waals surface area (Å²) in [7, 11) is 0. The van der Waals surface area contributed by atoms with E-state index in [1.807, 2.05) is 31.2 Å². The van der Waals surface area contributed by atoms with Gasteiger partial charge in [-0.2, -0.15) is 0 Å². The molecule has 0 amide bonds. The van der Waals surface area contributed by atoms with Crippen LogP contribution in [-0.2, 0) is 0 Å². The first kappa shape index (κ1) is 19.4. The average Bonchev–Trinajstić information content (AvgIpc) is 2.68. The highest BCUT2D eigenvalue weighted by molar-refractivity contribution is 5.86. The van der Waals surface area contributed by atoms with Crippen molar-refractivity contribution >= 4 is 10.8 Å². The van der Waals surface area contributed by atoms with E-state index in [4.69, 9.17) is 4.74 Å². The molecule has 0 saturated heterocycles. The molecule has 0 N–H and O–H groups in total. The molecule has 2 aromatic carbocycles. The molecule has 2 fully saturated rings. The van der Waals surface area contributed by atoms with Crippen molar-refractivity contribution in [3.05, 3.63) is 53.6 Å². The summed E-state index contributed by atoms with van der Waals surface area (Å²) in [5.41, 5.74) is 0.700. The quantitative estimate of drug-likeness (QED) is 0.499. The van der Waals surface area contributed by atoms with E-state index in [2.05, 4.69) is 6.92 Å². The average molecular weight is 385 g/mol. The van der Waals surface area contributed by atoms with Gasteiger partial charge < -0.3 is 4.74 Å². The maximum atomic E-state index is 15.3. The molecule has 2 aliphatic rings. The number of halogens is 2. The lowest BCUT2D eigenvalue weighted by Crippen LogP contribution is -2.29. The van der Waals surface area contributed by atoms with Gasteiger partial charge in [0, 0.05) is 6.07 Å². The van der Waals surface area contributed by atoms with E-state index in [0.717, 1.165) is 24.7 Å². The Bertz CT molecular complexity index is 872. The van der Waals surface area contributed by atoms with Crippen molar-refractivity contribution in [2.75, 3.05) is 6.61 Å². The Labute approximate surface area is 166 Å². The van der Waals surface area contributed by atoms with E-state index >= 15 is 4.39 Å². The topological polar surface area (TPSA) is 9.23 Å². The van der Waals surface area contributed by atoms with Gasteiger partial charge in [0.15, 0.2) is 0 Å². The molecule has 2 unspecified atom stereocenters. The van der Waals surface area contributed by atoms with Crippen LogP contribution in [0.25, 0.3) is 10.8 Å². The lowest BCUT2D eigenvalue weighted by Gasteiger charge is -2.41. The molecule has 0 aromatic heterocycles. The van der Waals surface area contributed by atoms with Gasteiger partial charge in [-0.3, -0.25) is 0 Å². The molecule has 150 valence electrons. The van der Waals surface area contributed by atoms with Gasteiger partial charge in [0.05, 0.1) is 5.39 Å². The molecule has 0 bridgehead atoms. The Hall–Kier alpha value is -1.90. The first-order chi connectivity index (χ1) is 13.6. The van der Waals surface area contributed by atoms with Crippen LogP contribution < -0.4 is 4.74 Å². The van der Waals surface area contributed by atoms with E-state index in [1.165, 1.54) is 31.7 Å². The number of benzene rings is 2. The van der Waals surface area contributed by atoms with Crippen molar-refractivity contribution < 1.29 is 13.5 Å². The van der Waals surface area contributed by atoms with Gasteiger partial charge in [-0.15, -0.1) is 0 Å². The summed E-state index contributed by atoms with van der Waals surface area (Å²) >= 11 is 0. The SMILES string of the molecule is C/C=C/COc1cc(F)c2c(F)c([C@@H]3CC[C@@H]4CC(C)CCC4C3)ccc2c1. The molecular formula is C25H30F2O. The zero-order chi connectivity index (χ0) is 19.7. The van der Waals surface area contributed by atoms with Crippen molar-refractivity contribution in [3.63, 3.8) is 0 Å². The van der Waals surface area contributed by atoms with Crippen molar-refractivity contribution in [1.29, 1.82) is 0 Å². The van der Waals surface area contributed by atoms with Gasteiger partial charge >= 0.3 is 0 Å². The first-order valence-electron chi connectivity index (χ1n) is 10.7. The van der Waals surface area contributed by atoms with Crippen molar-refractivity contribution in [2.24, 2.45) is 17.8 Å². The summed E-state index contributed by atoms with van der Waals surface area (Å²) in [5, 5.41) is 0.673. The number of hydrogen-bond acceptors (Lipinski definition) is 1. The highest BCUT2D eigenvalue weighted by Crippen LogP contribution is 2.48. The third-order valence-electron chi connectivity index (χ3n) is 6.91. The molecule has 0 heterocycles. The molecule has 0 aliphatic heterocycles. The number of allylic oxidation sites excluding steroid dienone is 1. The minimum Gasteiger partial charge on any atom is -0.489 e. The lowest BCUT2D eigenvalue weighted by molar-refractivity contribution is 0.124. The van der Waals surface area contributed by atoms with Crippen LogP contribution in [-0.4, -0.2) is 6.61 Å². The Balaban J connectivity index is 1.59. The molecule has 3 heteroatoms. The second-order valence-electron chi connectivity index (χ2n) is 8.80. The predicted molar refractivity (Wildman–Crippen MR) is 111 cm³/mol. The molecule has 0 spiro atoms. The monoisotopic (exact) mass is 384 g/mol. The zero-order valence-corrected chi connectivity index (χ0v) is 16.9. The highest BCUT2D eigenvalue weighted by Gasteiger charge is 2.35. The van der Waals surface area contributed by atoms with Gasteiger partial charge in [0.1, 0.15) is 24.0 Å². The van der Waals surface area contributed by atoms with Crippen LogP contribution in [0.15, 0.2) is 36.4 Å². The molecule has 2 aromatic rings. The van der Waals surface area contributed by atoms with E-state index in [0.29, 0.717) is 29.2 Å². The Morgan fingerprint density at radius 1 is 1.04 bits per heavy atom. The molecule has 2 saturated carbocycles. The number of rotatable bonds is 4. The van der Waals surface area contributed by atoms with Crippen LogP contribution in [0, 0.1) is 29.4 Å². The summed E-state index contributed by atoms with van der Waals surface area (Å²) < 4.78 is 35.6. The zero-order valence-electron chi connectivity index (χ0n) is 16.9. The van der Waals surface area contributed by atoms with Crippen LogP contribution in [0.5, 0.6) is 5.75 Å².